The molecule has 15 heavy (non-hydrogen) atoms. The van der Waals surface area contributed by atoms with Crippen LogP contribution < -0.4 is 5.73 Å². The van der Waals surface area contributed by atoms with Gasteiger partial charge in [0, 0.05) is 6.04 Å². The molecular weight excluding hydrogens is 186 g/mol. The molecule has 1 heterocycles. The van der Waals surface area contributed by atoms with E-state index in [-0.39, 0.29) is 0 Å². The molecule has 1 unspecified atom stereocenters. The first kappa shape index (κ1) is 10.8. The third kappa shape index (κ3) is 2.27. The Hall–Kier alpha value is -0.730. The van der Waals surface area contributed by atoms with E-state index in [9.17, 15) is 0 Å². The van der Waals surface area contributed by atoms with Gasteiger partial charge in [-0.25, -0.2) is 0 Å². The number of nitrogens with two attached hydrogens (primary N) is 1. The van der Waals surface area contributed by atoms with Crippen molar-refractivity contribution in [3.05, 3.63) is 0 Å². The Bertz CT molecular complexity index is 241. The average Bonchev–Trinajstić information content (AvgIpc) is 2.74. The van der Waals surface area contributed by atoms with Crippen molar-refractivity contribution in [2.75, 3.05) is 6.54 Å². The normalized spacial score (nSPS) is 27.8. The molecule has 0 aromatic heterocycles. The van der Waals surface area contributed by atoms with Gasteiger partial charge in [0.05, 0.1) is 12.6 Å². The van der Waals surface area contributed by atoms with E-state index < -0.39 is 0 Å². The van der Waals surface area contributed by atoms with Gasteiger partial charge in [-0.2, -0.15) is 0 Å². The van der Waals surface area contributed by atoms with Crippen LogP contribution in [0.3, 0.4) is 0 Å². The smallest absolute Gasteiger partial charge is 0.191 e. The van der Waals surface area contributed by atoms with Crippen LogP contribution in [0.5, 0.6) is 0 Å². The van der Waals surface area contributed by atoms with Crippen molar-refractivity contribution in [2.24, 2.45) is 16.6 Å². The first-order valence-electron chi connectivity index (χ1n) is 6.26. The molecule has 2 aliphatic rings. The highest BCUT2D eigenvalue weighted by molar-refractivity contribution is 5.80. The van der Waals surface area contributed by atoms with Gasteiger partial charge in [-0.1, -0.05) is 26.7 Å². The van der Waals surface area contributed by atoms with E-state index in [1.165, 1.54) is 32.1 Å². The molecule has 1 atom stereocenters. The summed E-state index contributed by atoms with van der Waals surface area (Å²) in [6, 6.07) is 1.26. The summed E-state index contributed by atoms with van der Waals surface area (Å²) in [7, 11) is 0. The molecule has 0 aromatic rings. The van der Waals surface area contributed by atoms with Crippen LogP contribution in [0.2, 0.25) is 0 Å². The predicted octanol–water partition coefficient (Wildman–Crippen LogP) is 1.97. The summed E-state index contributed by atoms with van der Waals surface area (Å²) in [6.45, 7) is 5.48. The van der Waals surface area contributed by atoms with Crippen molar-refractivity contribution in [2.45, 2.75) is 58.0 Å². The van der Waals surface area contributed by atoms with Gasteiger partial charge in [-0.3, -0.25) is 4.99 Å². The molecule has 1 aliphatic carbocycles. The second-order valence-corrected chi connectivity index (χ2v) is 5.33. The summed E-state index contributed by atoms with van der Waals surface area (Å²) in [5.41, 5.74) is 6.00. The molecule has 3 nitrogen and oxygen atoms in total. The number of aliphatic imine (C=N–C) groups is 1. The van der Waals surface area contributed by atoms with Crippen LogP contribution in [0.25, 0.3) is 0 Å². The maximum atomic E-state index is 6.00. The standard InChI is InChI=1S/C12H23N3/c1-9(2)7-11-8-14-12(13)15(11)10-5-3-4-6-10/h9-11H,3-8H2,1-2H3,(H2,13,14). The third-order valence-electron chi connectivity index (χ3n) is 3.58. The van der Waals surface area contributed by atoms with Crippen molar-refractivity contribution >= 4 is 5.96 Å². The minimum atomic E-state index is 0.577. The monoisotopic (exact) mass is 209 g/mol. The zero-order chi connectivity index (χ0) is 10.8. The molecule has 0 aromatic carbocycles. The molecule has 1 saturated carbocycles. The van der Waals surface area contributed by atoms with Crippen LogP contribution in [0.15, 0.2) is 4.99 Å². The second-order valence-electron chi connectivity index (χ2n) is 5.33. The number of nitrogens with zero attached hydrogens (tertiary/aromatic N) is 2. The predicted molar refractivity (Wildman–Crippen MR) is 63.8 cm³/mol. The lowest BCUT2D eigenvalue weighted by atomic mass is 10.0. The maximum absolute atomic E-state index is 6.00. The zero-order valence-electron chi connectivity index (χ0n) is 9.95. The number of rotatable bonds is 3. The minimum absolute atomic E-state index is 0.577. The molecule has 0 spiro atoms. The Morgan fingerprint density at radius 2 is 2.07 bits per heavy atom. The lowest BCUT2D eigenvalue weighted by Crippen LogP contribution is -2.46. The van der Waals surface area contributed by atoms with Crippen LogP contribution in [-0.2, 0) is 0 Å². The molecule has 2 N–H and O–H groups in total. The number of guanidine groups is 1. The highest BCUT2D eigenvalue weighted by atomic mass is 15.3. The minimum Gasteiger partial charge on any atom is -0.370 e. The molecule has 2 rings (SSSR count). The molecule has 1 aliphatic heterocycles. The van der Waals surface area contributed by atoms with E-state index in [1.807, 2.05) is 0 Å². The van der Waals surface area contributed by atoms with E-state index >= 15 is 0 Å². The summed E-state index contributed by atoms with van der Waals surface area (Å²) in [5, 5.41) is 0. The van der Waals surface area contributed by atoms with Crippen LogP contribution in [0.1, 0.15) is 46.0 Å². The van der Waals surface area contributed by atoms with E-state index in [1.54, 1.807) is 0 Å². The molecular formula is C12H23N3. The largest absolute Gasteiger partial charge is 0.370 e. The van der Waals surface area contributed by atoms with Crippen molar-refractivity contribution in [3.8, 4) is 0 Å². The maximum Gasteiger partial charge on any atom is 0.191 e. The fourth-order valence-corrected chi connectivity index (χ4v) is 2.96. The van der Waals surface area contributed by atoms with Gasteiger partial charge in [0.25, 0.3) is 0 Å². The van der Waals surface area contributed by atoms with E-state index in [2.05, 4.69) is 23.7 Å². The molecule has 0 bridgehead atoms. The quantitative estimate of drug-likeness (QED) is 0.772. The zero-order valence-corrected chi connectivity index (χ0v) is 9.95. The lowest BCUT2D eigenvalue weighted by Gasteiger charge is -2.33. The first-order valence-corrected chi connectivity index (χ1v) is 6.26. The van der Waals surface area contributed by atoms with Gasteiger partial charge in [0.15, 0.2) is 5.96 Å². The summed E-state index contributed by atoms with van der Waals surface area (Å²) in [5.74, 6) is 1.53. The van der Waals surface area contributed by atoms with Crippen molar-refractivity contribution < 1.29 is 0 Å². The Morgan fingerprint density at radius 3 is 2.67 bits per heavy atom. The van der Waals surface area contributed by atoms with Crippen molar-refractivity contribution in [3.63, 3.8) is 0 Å². The second kappa shape index (κ2) is 4.42. The first-order chi connectivity index (χ1) is 7.18. The lowest BCUT2D eigenvalue weighted by molar-refractivity contribution is 0.232. The van der Waals surface area contributed by atoms with Gasteiger partial charge < -0.3 is 10.6 Å². The highest BCUT2D eigenvalue weighted by Gasteiger charge is 2.33. The van der Waals surface area contributed by atoms with Crippen LogP contribution >= 0.6 is 0 Å². The van der Waals surface area contributed by atoms with E-state index in [0.717, 1.165) is 18.4 Å². The SMILES string of the molecule is CC(C)CC1CN=C(N)N1C1CCCC1. The average molecular weight is 209 g/mol. The summed E-state index contributed by atoms with van der Waals surface area (Å²) >= 11 is 0. The highest BCUT2D eigenvalue weighted by Crippen LogP contribution is 2.29. The fourth-order valence-electron chi connectivity index (χ4n) is 2.96. The Balaban J connectivity index is 2.00. The van der Waals surface area contributed by atoms with Crippen LogP contribution in [0.4, 0.5) is 0 Å². The molecule has 0 amide bonds. The van der Waals surface area contributed by atoms with E-state index in [0.29, 0.717) is 12.1 Å². The molecule has 0 saturated heterocycles. The molecule has 1 fully saturated rings. The Morgan fingerprint density at radius 1 is 1.40 bits per heavy atom. The fraction of sp³-hybridized carbons (Fsp3) is 0.917. The number of hydrogen-bond acceptors (Lipinski definition) is 3. The van der Waals surface area contributed by atoms with Gasteiger partial charge in [-0.05, 0) is 25.2 Å². The summed E-state index contributed by atoms with van der Waals surface area (Å²) in [4.78, 5) is 6.83. The Kier molecular flexibility index (Phi) is 3.17. The molecule has 86 valence electrons. The third-order valence-corrected chi connectivity index (χ3v) is 3.58. The number of hydrogen-bond donors (Lipinski definition) is 1. The van der Waals surface area contributed by atoms with E-state index in [4.69, 9.17) is 5.73 Å². The van der Waals surface area contributed by atoms with Gasteiger partial charge in [0.2, 0.25) is 0 Å². The summed E-state index contributed by atoms with van der Waals surface area (Å²) in [6.07, 6.45) is 6.57. The van der Waals surface area contributed by atoms with Crippen molar-refractivity contribution in [1.29, 1.82) is 0 Å². The Labute approximate surface area is 92.7 Å². The van der Waals surface area contributed by atoms with Crippen LogP contribution in [0, 0.1) is 5.92 Å². The summed E-state index contributed by atoms with van der Waals surface area (Å²) < 4.78 is 0. The van der Waals surface area contributed by atoms with Gasteiger partial charge in [0.1, 0.15) is 0 Å². The molecule has 3 heteroatoms. The molecule has 0 radical (unpaired) electrons. The van der Waals surface area contributed by atoms with Gasteiger partial charge in [-0.15, -0.1) is 0 Å². The van der Waals surface area contributed by atoms with Crippen LogP contribution in [-0.4, -0.2) is 29.5 Å². The topological polar surface area (TPSA) is 41.6 Å². The van der Waals surface area contributed by atoms with Gasteiger partial charge >= 0.3 is 0 Å². The van der Waals surface area contributed by atoms with Crippen molar-refractivity contribution in [1.82, 2.24) is 4.90 Å².